The molecule has 0 aliphatic carbocycles. The fourth-order valence-corrected chi connectivity index (χ4v) is 4.60. The maximum Gasteiger partial charge on any atom is 0.293 e. The van der Waals surface area contributed by atoms with E-state index >= 15 is 0 Å². The third kappa shape index (κ3) is 3.92. The van der Waals surface area contributed by atoms with Crippen LogP contribution in [-0.4, -0.2) is 21.0 Å². The molecule has 1 aliphatic rings. The van der Waals surface area contributed by atoms with Crippen molar-refractivity contribution in [2.45, 2.75) is 6.54 Å². The number of carbonyl (C=O) groups is 2. The second-order valence-electron chi connectivity index (χ2n) is 7.38. The van der Waals surface area contributed by atoms with E-state index in [4.69, 9.17) is 4.42 Å². The highest BCUT2D eigenvalue weighted by Crippen LogP contribution is 2.36. The van der Waals surface area contributed by atoms with E-state index in [2.05, 4.69) is 0 Å². The summed E-state index contributed by atoms with van der Waals surface area (Å²) in [5.41, 5.74) is 1.15. The monoisotopic (exact) mass is 456 g/mol. The van der Waals surface area contributed by atoms with Crippen molar-refractivity contribution in [2.75, 3.05) is 0 Å². The Morgan fingerprint density at radius 3 is 2.55 bits per heavy atom. The summed E-state index contributed by atoms with van der Waals surface area (Å²) in [5, 5.41) is 13.0. The predicted molar refractivity (Wildman–Crippen MR) is 126 cm³/mol. The molecule has 33 heavy (non-hydrogen) atoms. The number of nitro groups is 1. The van der Waals surface area contributed by atoms with Crippen molar-refractivity contribution in [1.29, 1.82) is 0 Å². The van der Waals surface area contributed by atoms with Gasteiger partial charge in [0.05, 0.1) is 21.9 Å². The molecule has 162 valence electrons. The lowest BCUT2D eigenvalue weighted by molar-refractivity contribution is -0.384. The average Bonchev–Trinajstić information content (AvgIpc) is 3.39. The summed E-state index contributed by atoms with van der Waals surface area (Å²) in [6.45, 7) is 0.170. The number of amides is 2. The number of nitrogens with zero attached hydrogens (tertiary/aromatic N) is 2. The minimum Gasteiger partial charge on any atom is -0.456 e. The number of carbonyl (C=O) groups excluding carboxylic acids is 2. The fourth-order valence-electron chi connectivity index (χ4n) is 3.78. The van der Waals surface area contributed by atoms with Gasteiger partial charge in [-0.25, -0.2) is 0 Å². The zero-order valence-electron chi connectivity index (χ0n) is 17.1. The number of hydrogen-bond acceptors (Lipinski definition) is 6. The lowest BCUT2D eigenvalue weighted by Gasteiger charge is -2.14. The van der Waals surface area contributed by atoms with Crippen molar-refractivity contribution in [1.82, 2.24) is 4.90 Å². The van der Waals surface area contributed by atoms with Gasteiger partial charge in [0.25, 0.3) is 16.8 Å². The van der Waals surface area contributed by atoms with Crippen LogP contribution in [0.4, 0.5) is 10.5 Å². The maximum atomic E-state index is 13.0. The third-order valence-corrected chi connectivity index (χ3v) is 6.26. The molecule has 1 aliphatic heterocycles. The number of furan rings is 1. The molecule has 1 aromatic heterocycles. The number of nitro benzene ring substituents is 1. The number of hydrogen-bond donors (Lipinski definition) is 0. The smallest absolute Gasteiger partial charge is 0.293 e. The molecule has 0 atom stereocenters. The van der Waals surface area contributed by atoms with Gasteiger partial charge in [-0.15, -0.1) is 0 Å². The summed E-state index contributed by atoms with van der Waals surface area (Å²) < 4.78 is 5.74. The normalized spacial score (nSPS) is 15.0. The van der Waals surface area contributed by atoms with Gasteiger partial charge in [0.2, 0.25) is 0 Å². The molecule has 0 N–H and O–H groups in total. The molecule has 0 bridgehead atoms. The number of fused-ring (bicyclic) bond motifs is 1. The Morgan fingerprint density at radius 1 is 0.939 bits per heavy atom. The molecule has 3 aromatic carbocycles. The van der Waals surface area contributed by atoms with Gasteiger partial charge in [-0.1, -0.05) is 54.6 Å². The number of benzene rings is 3. The summed E-state index contributed by atoms with van der Waals surface area (Å²) in [7, 11) is 0. The quantitative estimate of drug-likeness (QED) is 0.200. The second kappa shape index (κ2) is 8.40. The summed E-state index contributed by atoms with van der Waals surface area (Å²) in [5.74, 6) is 0.240. The molecule has 0 saturated carbocycles. The largest absolute Gasteiger partial charge is 0.456 e. The van der Waals surface area contributed by atoms with Crippen LogP contribution in [-0.2, 0) is 11.3 Å². The molecule has 2 heterocycles. The summed E-state index contributed by atoms with van der Waals surface area (Å²) in [6, 6.07) is 23.1. The van der Waals surface area contributed by atoms with Crippen LogP contribution in [0.2, 0.25) is 0 Å². The van der Waals surface area contributed by atoms with Crippen LogP contribution in [0.15, 0.2) is 88.2 Å². The maximum absolute atomic E-state index is 13.0. The lowest BCUT2D eigenvalue weighted by atomic mass is 10.0. The van der Waals surface area contributed by atoms with Crippen LogP contribution in [0, 0.1) is 10.1 Å². The highest BCUT2D eigenvalue weighted by Gasteiger charge is 2.35. The first kappa shape index (κ1) is 20.7. The minimum absolute atomic E-state index is 0.0752. The molecular weight excluding hydrogens is 440 g/mol. The Kier molecular flexibility index (Phi) is 5.27. The van der Waals surface area contributed by atoms with Gasteiger partial charge in [0.1, 0.15) is 11.5 Å². The number of para-hydroxylation sites is 1. The standard InChI is InChI=1S/C25H16N2O5S/c28-24-23(14-18-12-13-22(32-18)20-10-3-4-11-21(20)27(30)31)33-25(29)26(24)15-17-8-5-7-16-6-1-2-9-19(16)17/h1-14H,15H2/b23-14-. The van der Waals surface area contributed by atoms with Crippen LogP contribution >= 0.6 is 11.8 Å². The Labute approximate surface area is 192 Å². The zero-order chi connectivity index (χ0) is 22.9. The topological polar surface area (TPSA) is 93.7 Å². The first-order chi connectivity index (χ1) is 16.0. The zero-order valence-corrected chi connectivity index (χ0v) is 18.0. The molecular formula is C25H16N2O5S. The SMILES string of the molecule is O=C1S/C(=C\c2ccc(-c3ccccc3[N+](=O)[O-])o2)C(=O)N1Cc1cccc2ccccc12. The van der Waals surface area contributed by atoms with Crippen LogP contribution in [0.1, 0.15) is 11.3 Å². The molecule has 5 rings (SSSR count). The molecule has 7 nitrogen and oxygen atoms in total. The van der Waals surface area contributed by atoms with Crippen molar-refractivity contribution < 1.29 is 18.9 Å². The van der Waals surface area contributed by atoms with Crippen LogP contribution < -0.4 is 0 Å². The highest BCUT2D eigenvalue weighted by molar-refractivity contribution is 8.18. The molecule has 4 aromatic rings. The lowest BCUT2D eigenvalue weighted by Crippen LogP contribution is -2.27. The van der Waals surface area contributed by atoms with Gasteiger partial charge in [0, 0.05) is 12.1 Å². The summed E-state index contributed by atoms with van der Waals surface area (Å²) in [6.07, 6.45) is 1.49. The van der Waals surface area contributed by atoms with E-state index in [0.29, 0.717) is 17.1 Å². The van der Waals surface area contributed by atoms with E-state index in [-0.39, 0.29) is 22.4 Å². The van der Waals surface area contributed by atoms with Crippen LogP contribution in [0.25, 0.3) is 28.2 Å². The Balaban J connectivity index is 1.41. The third-order valence-electron chi connectivity index (χ3n) is 5.35. The van der Waals surface area contributed by atoms with Gasteiger partial charge in [0.15, 0.2) is 0 Å². The van der Waals surface area contributed by atoms with E-state index in [1.165, 1.54) is 17.0 Å². The molecule has 1 fully saturated rings. The van der Waals surface area contributed by atoms with Crippen LogP contribution in [0.5, 0.6) is 0 Å². The van der Waals surface area contributed by atoms with Crippen molar-refractivity contribution >= 4 is 45.4 Å². The van der Waals surface area contributed by atoms with E-state index < -0.39 is 10.8 Å². The average molecular weight is 456 g/mol. The fraction of sp³-hybridized carbons (Fsp3) is 0.0400. The number of rotatable bonds is 5. The van der Waals surface area contributed by atoms with Crippen molar-refractivity contribution in [3.05, 3.63) is 105 Å². The molecule has 2 amide bonds. The summed E-state index contributed by atoms with van der Waals surface area (Å²) in [4.78, 5) is 37.8. The molecule has 0 radical (unpaired) electrons. The van der Waals surface area contributed by atoms with Gasteiger partial charge >= 0.3 is 0 Å². The Hall–Kier alpha value is -4.17. The van der Waals surface area contributed by atoms with Crippen molar-refractivity contribution in [3.8, 4) is 11.3 Å². The van der Waals surface area contributed by atoms with Gasteiger partial charge in [-0.05, 0) is 46.3 Å². The second-order valence-corrected chi connectivity index (χ2v) is 8.38. The molecule has 1 saturated heterocycles. The predicted octanol–water partition coefficient (Wildman–Crippen LogP) is 6.24. The number of thioether (sulfide) groups is 1. The Morgan fingerprint density at radius 2 is 1.70 bits per heavy atom. The van der Waals surface area contributed by atoms with Crippen molar-refractivity contribution in [3.63, 3.8) is 0 Å². The molecule has 0 unspecified atom stereocenters. The Bertz CT molecular complexity index is 1450. The molecule has 8 heteroatoms. The van der Waals surface area contributed by atoms with E-state index in [0.717, 1.165) is 28.1 Å². The van der Waals surface area contributed by atoms with E-state index in [1.54, 1.807) is 30.3 Å². The van der Waals surface area contributed by atoms with Gasteiger partial charge < -0.3 is 4.42 Å². The van der Waals surface area contributed by atoms with Crippen LogP contribution in [0.3, 0.4) is 0 Å². The summed E-state index contributed by atoms with van der Waals surface area (Å²) >= 11 is 0.845. The minimum atomic E-state index is -0.476. The first-order valence-corrected chi connectivity index (χ1v) is 10.9. The number of imide groups is 1. The van der Waals surface area contributed by atoms with Gasteiger partial charge in [-0.2, -0.15) is 0 Å². The van der Waals surface area contributed by atoms with E-state index in [1.807, 2.05) is 42.5 Å². The highest BCUT2D eigenvalue weighted by atomic mass is 32.2. The van der Waals surface area contributed by atoms with E-state index in [9.17, 15) is 19.7 Å². The van der Waals surface area contributed by atoms with Crippen molar-refractivity contribution in [2.24, 2.45) is 0 Å². The molecule has 0 spiro atoms. The van der Waals surface area contributed by atoms with Gasteiger partial charge in [-0.3, -0.25) is 24.6 Å². The first-order valence-electron chi connectivity index (χ1n) is 10.1.